The minimum absolute atomic E-state index is 0.0176. The summed E-state index contributed by atoms with van der Waals surface area (Å²) in [5.41, 5.74) is 1.14. The Labute approximate surface area is 192 Å². The lowest BCUT2D eigenvalue weighted by atomic mass is 9.90. The van der Waals surface area contributed by atoms with Gasteiger partial charge in [0.2, 0.25) is 5.91 Å². The fourth-order valence-corrected chi connectivity index (χ4v) is 4.38. The molecule has 0 aromatic heterocycles. The quantitative estimate of drug-likeness (QED) is 0.349. The molecule has 2 amide bonds. The molecule has 34 heavy (non-hydrogen) atoms. The molecule has 170 valence electrons. The number of non-ortho nitro benzene ring substituents is 1. The second kappa shape index (κ2) is 8.09. The number of amides is 2. The van der Waals surface area contributed by atoms with E-state index in [0.717, 1.165) is 4.90 Å². The molecule has 0 aliphatic carbocycles. The predicted molar refractivity (Wildman–Crippen MR) is 119 cm³/mol. The number of imide groups is 1. The van der Waals surface area contributed by atoms with Crippen molar-refractivity contribution in [1.29, 1.82) is 0 Å². The summed E-state index contributed by atoms with van der Waals surface area (Å²) in [5.74, 6) is -3.22. The summed E-state index contributed by atoms with van der Waals surface area (Å²) < 4.78 is 0. The van der Waals surface area contributed by atoms with E-state index in [0.29, 0.717) is 11.3 Å². The van der Waals surface area contributed by atoms with Crippen LogP contribution in [0.1, 0.15) is 22.0 Å². The summed E-state index contributed by atoms with van der Waals surface area (Å²) in [6.45, 7) is 0. The Morgan fingerprint density at radius 1 is 0.912 bits per heavy atom. The summed E-state index contributed by atoms with van der Waals surface area (Å²) in [4.78, 5) is 55.8. The number of para-hydroxylation sites is 1. The van der Waals surface area contributed by atoms with Gasteiger partial charge in [-0.25, -0.2) is 14.8 Å². The van der Waals surface area contributed by atoms with Gasteiger partial charge in [0.05, 0.1) is 27.9 Å². The van der Waals surface area contributed by atoms with E-state index in [1.807, 2.05) is 6.07 Å². The highest BCUT2D eigenvalue weighted by molar-refractivity contribution is 6.24. The van der Waals surface area contributed by atoms with Gasteiger partial charge >= 0.3 is 5.97 Å². The molecule has 1 N–H and O–H groups in total. The first-order valence-corrected chi connectivity index (χ1v) is 10.3. The molecule has 10 nitrogen and oxygen atoms in total. The molecule has 2 fully saturated rings. The van der Waals surface area contributed by atoms with Crippen LogP contribution >= 0.6 is 0 Å². The van der Waals surface area contributed by atoms with Gasteiger partial charge in [-0.05, 0) is 42.0 Å². The van der Waals surface area contributed by atoms with Gasteiger partial charge in [0.25, 0.3) is 11.6 Å². The van der Waals surface area contributed by atoms with Crippen LogP contribution in [0.15, 0.2) is 78.9 Å². The first kappa shape index (κ1) is 21.3. The molecule has 0 spiro atoms. The number of carboxylic acid groups (broad SMARTS) is 1. The maximum absolute atomic E-state index is 13.5. The lowest BCUT2D eigenvalue weighted by Crippen LogP contribution is -2.37. The zero-order valence-corrected chi connectivity index (χ0v) is 17.5. The molecule has 5 rings (SSSR count). The van der Waals surface area contributed by atoms with Crippen molar-refractivity contribution in [3.05, 3.63) is 100 Å². The number of rotatable bonds is 5. The van der Waals surface area contributed by atoms with Crippen molar-refractivity contribution in [2.45, 2.75) is 12.1 Å². The van der Waals surface area contributed by atoms with Crippen molar-refractivity contribution in [3.63, 3.8) is 0 Å². The van der Waals surface area contributed by atoms with Gasteiger partial charge in [-0.2, -0.15) is 0 Å². The fourth-order valence-electron chi connectivity index (χ4n) is 4.38. The Kier molecular flexibility index (Phi) is 5.06. The van der Waals surface area contributed by atoms with Crippen molar-refractivity contribution in [1.82, 2.24) is 0 Å². The van der Waals surface area contributed by atoms with Crippen LogP contribution in [0.2, 0.25) is 0 Å². The van der Waals surface area contributed by atoms with Crippen LogP contribution in [0.25, 0.3) is 0 Å². The van der Waals surface area contributed by atoms with Crippen LogP contribution in [-0.4, -0.2) is 33.9 Å². The number of carboxylic acids is 1. The van der Waals surface area contributed by atoms with Crippen molar-refractivity contribution >= 4 is 34.8 Å². The number of hydrogen-bond donors (Lipinski definition) is 1. The second-order valence-corrected chi connectivity index (χ2v) is 7.87. The summed E-state index contributed by atoms with van der Waals surface area (Å²) >= 11 is 0. The first-order valence-electron chi connectivity index (χ1n) is 10.3. The summed E-state index contributed by atoms with van der Waals surface area (Å²) in [5, 5.41) is 21.9. The lowest BCUT2D eigenvalue weighted by Gasteiger charge is -2.28. The van der Waals surface area contributed by atoms with Gasteiger partial charge < -0.3 is 5.11 Å². The van der Waals surface area contributed by atoms with Crippen LogP contribution in [-0.2, 0) is 14.4 Å². The van der Waals surface area contributed by atoms with Crippen LogP contribution in [0.4, 0.5) is 17.1 Å². The zero-order valence-electron chi connectivity index (χ0n) is 17.5. The molecule has 2 saturated heterocycles. The fraction of sp³-hybridized carbons (Fsp3) is 0.125. The number of carbonyl (C=O) groups is 3. The largest absolute Gasteiger partial charge is 0.478 e. The number of anilines is 2. The lowest BCUT2D eigenvalue weighted by molar-refractivity contribution is -0.384. The van der Waals surface area contributed by atoms with E-state index in [4.69, 9.17) is 9.94 Å². The maximum atomic E-state index is 13.5. The Morgan fingerprint density at radius 3 is 2.26 bits per heavy atom. The third-order valence-electron chi connectivity index (χ3n) is 5.92. The Balaban J connectivity index is 1.57. The highest BCUT2D eigenvalue weighted by atomic mass is 16.7. The van der Waals surface area contributed by atoms with Crippen molar-refractivity contribution < 1.29 is 29.3 Å². The number of benzene rings is 3. The molecule has 0 unspecified atom stereocenters. The van der Waals surface area contributed by atoms with Crippen LogP contribution in [0, 0.1) is 16.0 Å². The van der Waals surface area contributed by atoms with E-state index < -0.39 is 40.8 Å². The normalized spacial score (nSPS) is 21.6. The van der Waals surface area contributed by atoms with Crippen LogP contribution in [0.5, 0.6) is 0 Å². The first-order chi connectivity index (χ1) is 16.4. The number of fused-ring (bicyclic) bond motifs is 1. The minimum atomic E-state index is -1.14. The molecule has 2 aliphatic heterocycles. The number of nitrogens with zero attached hydrogens (tertiary/aromatic N) is 3. The molecule has 0 radical (unpaired) electrons. The standard InChI is InChI=1S/C24H17N3O7/c28-22-19-20(15-5-4-8-18(13-15)27(32)33)26(17-6-2-1-3-7-17)34-21(19)23(29)25(22)16-11-9-14(10-12-16)24(30)31/h1-13,19-21H,(H,30,31)/t19-,20+,21-/m1/s1. The van der Waals surface area contributed by atoms with Gasteiger partial charge in [0.15, 0.2) is 6.10 Å². The number of hydrogen-bond acceptors (Lipinski definition) is 7. The van der Waals surface area contributed by atoms with E-state index in [9.17, 15) is 24.5 Å². The van der Waals surface area contributed by atoms with Crippen molar-refractivity contribution in [2.24, 2.45) is 5.92 Å². The van der Waals surface area contributed by atoms with Crippen LogP contribution < -0.4 is 9.96 Å². The van der Waals surface area contributed by atoms with E-state index in [2.05, 4.69) is 0 Å². The summed E-state index contributed by atoms with van der Waals surface area (Å²) in [6, 6.07) is 19.3. The van der Waals surface area contributed by atoms with Gasteiger partial charge in [0, 0.05) is 12.1 Å². The Bertz CT molecular complexity index is 1310. The molecule has 3 aromatic rings. The zero-order chi connectivity index (χ0) is 24.0. The molecule has 10 heteroatoms. The SMILES string of the molecule is O=C(O)c1ccc(N2C(=O)[C@H]3[C@@H](ON(c4ccccc4)[C@H]3c3cccc([N+](=O)[O-])c3)C2=O)cc1. The van der Waals surface area contributed by atoms with Gasteiger partial charge in [-0.3, -0.25) is 24.5 Å². The highest BCUT2D eigenvalue weighted by Crippen LogP contribution is 2.47. The Morgan fingerprint density at radius 2 is 1.62 bits per heavy atom. The highest BCUT2D eigenvalue weighted by Gasteiger charge is 2.60. The van der Waals surface area contributed by atoms with Gasteiger partial charge in [-0.1, -0.05) is 30.3 Å². The summed E-state index contributed by atoms with van der Waals surface area (Å²) in [6.07, 6.45) is -1.14. The molecule has 3 aromatic carbocycles. The average Bonchev–Trinajstić information content (AvgIpc) is 3.35. The second-order valence-electron chi connectivity index (χ2n) is 7.87. The molecular weight excluding hydrogens is 442 g/mol. The summed E-state index contributed by atoms with van der Waals surface area (Å²) in [7, 11) is 0. The van der Waals surface area contributed by atoms with Gasteiger partial charge in [0.1, 0.15) is 5.92 Å². The molecule has 2 aliphatic rings. The van der Waals surface area contributed by atoms with Crippen molar-refractivity contribution in [2.75, 3.05) is 9.96 Å². The van der Waals surface area contributed by atoms with E-state index in [-0.39, 0.29) is 16.9 Å². The Hall–Kier alpha value is -4.57. The van der Waals surface area contributed by atoms with Crippen molar-refractivity contribution in [3.8, 4) is 0 Å². The average molecular weight is 459 g/mol. The van der Waals surface area contributed by atoms with Gasteiger partial charge in [-0.15, -0.1) is 0 Å². The number of carbonyl (C=O) groups excluding carboxylic acids is 2. The smallest absolute Gasteiger partial charge is 0.335 e. The number of hydroxylamine groups is 1. The maximum Gasteiger partial charge on any atom is 0.335 e. The van der Waals surface area contributed by atoms with E-state index in [1.54, 1.807) is 30.3 Å². The predicted octanol–water partition coefficient (Wildman–Crippen LogP) is 3.34. The molecule has 3 atom stereocenters. The van der Waals surface area contributed by atoms with E-state index in [1.165, 1.54) is 47.5 Å². The molecular formula is C24H17N3O7. The third-order valence-corrected chi connectivity index (χ3v) is 5.92. The topological polar surface area (TPSA) is 130 Å². The minimum Gasteiger partial charge on any atom is -0.478 e. The molecule has 0 bridgehead atoms. The van der Waals surface area contributed by atoms with Crippen LogP contribution in [0.3, 0.4) is 0 Å². The number of nitro benzene ring substituents is 1. The monoisotopic (exact) mass is 459 g/mol. The molecule has 0 saturated carbocycles. The molecule has 2 heterocycles. The third kappa shape index (κ3) is 3.37. The van der Waals surface area contributed by atoms with E-state index >= 15 is 0 Å². The number of aromatic carboxylic acids is 1. The number of nitro groups is 1.